The monoisotopic (exact) mass is 472 g/mol. The zero-order valence-corrected chi connectivity index (χ0v) is 20.8. The Morgan fingerprint density at radius 1 is 1.23 bits per heavy atom. The minimum atomic E-state index is 0.0349. The number of hydrogen-bond donors (Lipinski definition) is 1. The van der Waals surface area contributed by atoms with E-state index in [9.17, 15) is 10.1 Å². The average Bonchev–Trinajstić information content (AvgIpc) is 3.37. The Hall–Kier alpha value is -3.70. The zero-order chi connectivity index (χ0) is 24.9. The quantitative estimate of drug-likeness (QED) is 0.557. The number of benzene rings is 2. The Morgan fingerprint density at radius 3 is 2.69 bits per heavy atom. The predicted octanol–water partition coefficient (Wildman–Crippen LogP) is 4.06. The molecule has 3 aromatic rings. The first kappa shape index (κ1) is 24.4. The van der Waals surface area contributed by atoms with Gasteiger partial charge in [-0.15, -0.1) is 5.10 Å². The Labute approximate surface area is 206 Å². The number of nitrogens with zero attached hydrogens (tertiary/aromatic N) is 5. The van der Waals surface area contributed by atoms with Crippen molar-refractivity contribution < 1.29 is 9.53 Å². The summed E-state index contributed by atoms with van der Waals surface area (Å²) < 4.78 is 5.14. The lowest BCUT2D eigenvalue weighted by Gasteiger charge is -2.33. The predicted molar refractivity (Wildman–Crippen MR) is 135 cm³/mol. The van der Waals surface area contributed by atoms with Crippen molar-refractivity contribution in [2.24, 2.45) is 0 Å². The Kier molecular flexibility index (Phi) is 7.47. The molecule has 0 bridgehead atoms. The molecule has 2 aromatic carbocycles. The summed E-state index contributed by atoms with van der Waals surface area (Å²) in [5.41, 5.74) is 5.36. The molecule has 0 unspecified atom stereocenters. The number of H-pyrrole nitrogens is 1. The fraction of sp³-hybridized carbons (Fsp3) is 0.407. The molecule has 0 radical (unpaired) electrons. The van der Waals surface area contributed by atoms with E-state index in [0.717, 1.165) is 40.7 Å². The van der Waals surface area contributed by atoms with E-state index in [2.05, 4.69) is 21.3 Å². The molecule has 0 saturated carbocycles. The van der Waals surface area contributed by atoms with E-state index in [1.165, 1.54) is 0 Å². The number of methoxy groups -OCH3 is 1. The number of aryl methyl sites for hydroxylation is 2. The molecule has 1 aliphatic rings. The third-order valence-corrected chi connectivity index (χ3v) is 6.81. The molecule has 4 rings (SSSR count). The largest absolute Gasteiger partial charge is 0.383 e. The first-order chi connectivity index (χ1) is 16.9. The summed E-state index contributed by atoms with van der Waals surface area (Å²) in [6.45, 7) is 6.60. The molecule has 35 heavy (non-hydrogen) atoms. The highest BCUT2D eigenvalue weighted by Crippen LogP contribution is 2.32. The summed E-state index contributed by atoms with van der Waals surface area (Å²) in [6, 6.07) is 14.1. The number of hydrogen-bond acceptors (Lipinski definition) is 6. The van der Waals surface area contributed by atoms with Crippen LogP contribution < -0.4 is 4.90 Å². The van der Waals surface area contributed by atoms with Crippen molar-refractivity contribution in [3.05, 3.63) is 64.2 Å². The summed E-state index contributed by atoms with van der Waals surface area (Å²) in [7, 11) is 3.58. The summed E-state index contributed by atoms with van der Waals surface area (Å²) >= 11 is 0. The summed E-state index contributed by atoms with van der Waals surface area (Å²) in [5, 5.41) is 16.8. The van der Waals surface area contributed by atoms with Gasteiger partial charge in [-0.25, -0.2) is 0 Å². The highest BCUT2D eigenvalue weighted by Gasteiger charge is 2.27. The molecule has 0 aliphatic carbocycles. The van der Waals surface area contributed by atoms with Gasteiger partial charge in [-0.2, -0.15) is 10.2 Å². The fourth-order valence-corrected chi connectivity index (χ4v) is 4.73. The topological polar surface area (TPSA) is 98.1 Å². The molecule has 1 N–H and O–H groups in total. The number of likely N-dealkylation sites (N-methyl/N-ethyl adjacent to an activating group) is 1. The van der Waals surface area contributed by atoms with Crippen LogP contribution in [0.2, 0.25) is 0 Å². The van der Waals surface area contributed by atoms with E-state index in [4.69, 9.17) is 4.74 Å². The van der Waals surface area contributed by atoms with Crippen molar-refractivity contribution in [3.8, 4) is 17.5 Å². The van der Waals surface area contributed by atoms with Gasteiger partial charge >= 0.3 is 0 Å². The number of aromatic nitrogens is 3. The second-order valence-electron chi connectivity index (χ2n) is 9.15. The number of aromatic amines is 1. The summed E-state index contributed by atoms with van der Waals surface area (Å²) in [5.74, 6) is 1.56. The van der Waals surface area contributed by atoms with Crippen LogP contribution in [0.4, 0.5) is 5.95 Å². The maximum atomic E-state index is 13.5. The standard InChI is InChI=1S/C27H32N6O2/c1-18-15-19(2)24(16-23(18)25-29-27(31-30-25)32(3)13-14-35-4)26(34)33-11-9-20(10-12-33)22-8-6-5-7-21(22)17-28/h5-8,15-16,20H,9-14H2,1-4H3,(H,29,30,31). The molecule has 0 atom stereocenters. The lowest BCUT2D eigenvalue weighted by atomic mass is 9.86. The van der Waals surface area contributed by atoms with Crippen LogP contribution in [0.1, 0.15) is 51.4 Å². The fourth-order valence-electron chi connectivity index (χ4n) is 4.73. The minimum absolute atomic E-state index is 0.0349. The SMILES string of the molecule is COCCN(C)c1n[nH]c(-c2cc(C(=O)N3CCC(c4ccccc4C#N)CC3)c(C)cc2C)n1. The van der Waals surface area contributed by atoms with Gasteiger partial charge in [-0.1, -0.05) is 24.3 Å². The number of amides is 1. The number of carbonyl (C=O) groups excluding carboxylic acids is 1. The molecule has 1 aliphatic heterocycles. The third-order valence-electron chi connectivity index (χ3n) is 6.81. The number of ether oxygens (including phenoxy) is 1. The maximum absolute atomic E-state index is 13.5. The van der Waals surface area contributed by atoms with Gasteiger partial charge in [0.05, 0.1) is 18.2 Å². The molecular weight excluding hydrogens is 440 g/mol. The molecule has 1 amide bonds. The first-order valence-electron chi connectivity index (χ1n) is 11.9. The molecule has 182 valence electrons. The van der Waals surface area contributed by atoms with Crippen LogP contribution >= 0.6 is 0 Å². The number of nitriles is 1. The van der Waals surface area contributed by atoms with Gasteiger partial charge in [0.2, 0.25) is 5.95 Å². The van der Waals surface area contributed by atoms with Crippen LogP contribution in [0.15, 0.2) is 36.4 Å². The van der Waals surface area contributed by atoms with Gasteiger partial charge in [-0.05, 0) is 61.4 Å². The van der Waals surface area contributed by atoms with Gasteiger partial charge in [-0.3, -0.25) is 9.89 Å². The van der Waals surface area contributed by atoms with E-state index >= 15 is 0 Å². The number of nitrogens with one attached hydrogen (secondary N) is 1. The molecule has 1 saturated heterocycles. The Balaban J connectivity index is 1.51. The van der Waals surface area contributed by atoms with Crippen molar-refractivity contribution in [1.29, 1.82) is 5.26 Å². The smallest absolute Gasteiger partial charge is 0.254 e. The number of carbonyl (C=O) groups is 1. The minimum Gasteiger partial charge on any atom is -0.383 e. The van der Waals surface area contributed by atoms with E-state index < -0.39 is 0 Å². The van der Waals surface area contributed by atoms with Gasteiger partial charge in [0.1, 0.15) is 0 Å². The van der Waals surface area contributed by atoms with Crippen molar-refractivity contribution in [3.63, 3.8) is 0 Å². The Morgan fingerprint density at radius 2 is 1.97 bits per heavy atom. The molecule has 0 spiro atoms. The van der Waals surface area contributed by atoms with Gasteiger partial charge < -0.3 is 14.5 Å². The summed E-state index contributed by atoms with van der Waals surface area (Å²) in [4.78, 5) is 22.0. The van der Waals surface area contributed by atoms with Crippen LogP contribution in [-0.4, -0.2) is 66.4 Å². The zero-order valence-electron chi connectivity index (χ0n) is 20.8. The van der Waals surface area contributed by atoms with Gasteiger partial charge in [0.25, 0.3) is 5.91 Å². The van der Waals surface area contributed by atoms with Crippen molar-refractivity contribution in [2.75, 3.05) is 45.3 Å². The van der Waals surface area contributed by atoms with Crippen molar-refractivity contribution in [2.45, 2.75) is 32.6 Å². The van der Waals surface area contributed by atoms with Gasteiger partial charge in [0, 0.05) is 44.9 Å². The second kappa shape index (κ2) is 10.7. The lowest BCUT2D eigenvalue weighted by Crippen LogP contribution is -2.38. The highest BCUT2D eigenvalue weighted by molar-refractivity contribution is 5.97. The highest BCUT2D eigenvalue weighted by atomic mass is 16.5. The van der Waals surface area contributed by atoms with E-state index in [1.807, 2.05) is 67.1 Å². The van der Waals surface area contributed by atoms with E-state index in [-0.39, 0.29) is 5.91 Å². The third kappa shape index (κ3) is 5.20. The molecular formula is C27H32N6O2. The number of rotatable bonds is 7. The number of piperidine rings is 1. The van der Waals surface area contributed by atoms with Crippen LogP contribution in [0.5, 0.6) is 0 Å². The van der Waals surface area contributed by atoms with Crippen LogP contribution in [0, 0.1) is 25.2 Å². The molecule has 1 fully saturated rings. The maximum Gasteiger partial charge on any atom is 0.254 e. The summed E-state index contributed by atoms with van der Waals surface area (Å²) in [6.07, 6.45) is 1.70. The van der Waals surface area contributed by atoms with Crippen LogP contribution in [-0.2, 0) is 4.74 Å². The van der Waals surface area contributed by atoms with Crippen molar-refractivity contribution >= 4 is 11.9 Å². The second-order valence-corrected chi connectivity index (χ2v) is 9.15. The molecule has 2 heterocycles. The molecule has 8 heteroatoms. The van der Waals surface area contributed by atoms with E-state index in [0.29, 0.717) is 49.5 Å². The van der Waals surface area contributed by atoms with Crippen LogP contribution in [0.25, 0.3) is 11.4 Å². The number of likely N-dealkylation sites (tertiary alicyclic amines) is 1. The number of anilines is 1. The first-order valence-corrected chi connectivity index (χ1v) is 11.9. The lowest BCUT2D eigenvalue weighted by molar-refractivity contribution is 0.0712. The Bertz CT molecular complexity index is 1240. The molecule has 8 nitrogen and oxygen atoms in total. The van der Waals surface area contributed by atoms with E-state index in [1.54, 1.807) is 7.11 Å². The normalized spacial score (nSPS) is 14.1. The average molecular weight is 473 g/mol. The molecule has 1 aromatic heterocycles. The van der Waals surface area contributed by atoms with Gasteiger partial charge in [0.15, 0.2) is 5.82 Å². The van der Waals surface area contributed by atoms with Crippen molar-refractivity contribution in [1.82, 2.24) is 20.1 Å². The van der Waals surface area contributed by atoms with Crippen LogP contribution in [0.3, 0.4) is 0 Å².